The van der Waals surface area contributed by atoms with Crippen LogP contribution in [0.1, 0.15) is 44.3 Å². The Kier molecular flexibility index (Phi) is 5.70. The average Bonchev–Trinajstić information content (AvgIpc) is 2.62. The Bertz CT molecular complexity index is 927. The Morgan fingerprint density at radius 2 is 1.52 bits per heavy atom. The lowest BCUT2D eigenvalue weighted by atomic mass is 9.97. The first kappa shape index (κ1) is 18.8. The first-order valence-corrected chi connectivity index (χ1v) is 9.10. The normalized spacial score (nSPS) is 11.9. The van der Waals surface area contributed by atoms with Crippen LogP contribution in [0.2, 0.25) is 0 Å². The summed E-state index contributed by atoms with van der Waals surface area (Å²) in [6, 6.07) is 20.6. The zero-order valence-corrected chi connectivity index (χ0v) is 15.9. The molecule has 2 nitrogen and oxygen atoms in total. The van der Waals surface area contributed by atoms with Gasteiger partial charge in [0.15, 0.2) is 0 Å². The molecule has 0 bridgehead atoms. The van der Waals surface area contributed by atoms with Crippen molar-refractivity contribution in [2.75, 3.05) is 5.32 Å². The van der Waals surface area contributed by atoms with Gasteiger partial charge in [-0.05, 0) is 61.2 Å². The maximum Gasteiger partial charge on any atom is 0.256 e. The van der Waals surface area contributed by atoms with E-state index in [1.165, 1.54) is 0 Å². The number of anilines is 1. The predicted octanol–water partition coefficient (Wildman–Crippen LogP) is 6.12. The van der Waals surface area contributed by atoms with Gasteiger partial charge in [-0.15, -0.1) is 0 Å². The second kappa shape index (κ2) is 8.17. The number of carbonyl (C=O) groups excluding carboxylic acids is 1. The molecule has 3 aromatic carbocycles. The largest absolute Gasteiger partial charge is 0.322 e. The van der Waals surface area contributed by atoms with Crippen molar-refractivity contribution in [3.05, 3.63) is 100 Å². The molecule has 0 spiro atoms. The highest BCUT2D eigenvalue weighted by molar-refractivity contribution is 6.05. The molecule has 27 heavy (non-hydrogen) atoms. The highest BCUT2D eigenvalue weighted by Crippen LogP contribution is 2.27. The van der Waals surface area contributed by atoms with E-state index >= 15 is 4.39 Å². The number of nitrogens with one attached hydrogen (secondary N) is 1. The summed E-state index contributed by atoms with van der Waals surface area (Å²) in [5.74, 6) is -0.290. The van der Waals surface area contributed by atoms with Crippen LogP contribution in [0.15, 0.2) is 66.7 Å². The van der Waals surface area contributed by atoms with Gasteiger partial charge in [-0.25, -0.2) is 4.39 Å². The summed E-state index contributed by atoms with van der Waals surface area (Å²) in [6.07, 6.45) is -0.998. The van der Waals surface area contributed by atoms with Crippen molar-refractivity contribution in [3.63, 3.8) is 0 Å². The Hall–Kier alpha value is -2.94. The standard InChI is InChI=1S/C24H24FNO/c1-16-8-10-19(11-9-16)15-23(25)21-6-4-5-7-22(21)24(27)26-20-13-17(2)12-18(3)14-20/h4-14,23H,15H2,1-3H3,(H,26,27)/t23-/m1/s1. The summed E-state index contributed by atoms with van der Waals surface area (Å²) in [7, 11) is 0. The third-order valence-corrected chi connectivity index (χ3v) is 4.56. The monoisotopic (exact) mass is 361 g/mol. The lowest BCUT2D eigenvalue weighted by molar-refractivity contribution is 0.102. The van der Waals surface area contributed by atoms with Crippen LogP contribution in [0.5, 0.6) is 0 Å². The Morgan fingerprint density at radius 3 is 2.19 bits per heavy atom. The molecule has 1 atom stereocenters. The van der Waals surface area contributed by atoms with Gasteiger partial charge in [0.25, 0.3) is 5.91 Å². The Balaban J connectivity index is 1.82. The number of halogens is 1. The van der Waals surface area contributed by atoms with E-state index in [-0.39, 0.29) is 12.3 Å². The molecular weight excluding hydrogens is 337 g/mol. The molecule has 0 saturated carbocycles. The fourth-order valence-electron chi connectivity index (χ4n) is 3.26. The SMILES string of the molecule is Cc1ccc(C[C@@H](F)c2ccccc2C(=O)Nc2cc(C)cc(C)c2)cc1. The smallest absolute Gasteiger partial charge is 0.256 e. The summed E-state index contributed by atoms with van der Waals surface area (Å²) in [6.45, 7) is 5.97. The first-order chi connectivity index (χ1) is 12.9. The van der Waals surface area contributed by atoms with Gasteiger partial charge < -0.3 is 5.32 Å². The van der Waals surface area contributed by atoms with Crippen molar-refractivity contribution in [2.45, 2.75) is 33.4 Å². The van der Waals surface area contributed by atoms with Gasteiger partial charge in [0, 0.05) is 17.7 Å². The number of benzene rings is 3. The molecule has 0 aliphatic heterocycles. The Morgan fingerprint density at radius 1 is 0.889 bits per heavy atom. The van der Waals surface area contributed by atoms with Crippen LogP contribution in [-0.2, 0) is 6.42 Å². The number of aryl methyl sites for hydroxylation is 3. The molecule has 0 saturated heterocycles. The van der Waals surface area contributed by atoms with Gasteiger partial charge in [0.05, 0.1) is 0 Å². The third-order valence-electron chi connectivity index (χ3n) is 4.56. The van der Waals surface area contributed by atoms with E-state index in [9.17, 15) is 4.79 Å². The molecule has 0 unspecified atom stereocenters. The minimum Gasteiger partial charge on any atom is -0.322 e. The molecule has 3 aromatic rings. The van der Waals surface area contributed by atoms with Crippen molar-refractivity contribution >= 4 is 11.6 Å². The summed E-state index contributed by atoms with van der Waals surface area (Å²) in [5, 5.41) is 2.90. The number of rotatable bonds is 5. The number of amides is 1. The fraction of sp³-hybridized carbons (Fsp3) is 0.208. The molecule has 1 amide bonds. The molecule has 0 aromatic heterocycles. The molecular formula is C24H24FNO. The average molecular weight is 361 g/mol. The van der Waals surface area contributed by atoms with Crippen LogP contribution in [0, 0.1) is 20.8 Å². The molecule has 1 N–H and O–H groups in total. The van der Waals surface area contributed by atoms with E-state index in [1.54, 1.807) is 24.3 Å². The minimum absolute atomic E-state index is 0.244. The van der Waals surface area contributed by atoms with Gasteiger partial charge in [0.2, 0.25) is 0 Å². The molecule has 0 aliphatic carbocycles. The topological polar surface area (TPSA) is 29.1 Å². The highest BCUT2D eigenvalue weighted by atomic mass is 19.1. The number of alkyl halides is 1. The lowest BCUT2D eigenvalue weighted by Crippen LogP contribution is -2.15. The van der Waals surface area contributed by atoms with E-state index in [4.69, 9.17) is 0 Å². The van der Waals surface area contributed by atoms with Crippen LogP contribution in [-0.4, -0.2) is 5.91 Å². The summed E-state index contributed by atoms with van der Waals surface area (Å²) in [5.41, 5.74) is 5.71. The van der Waals surface area contributed by atoms with E-state index in [1.807, 2.05) is 63.2 Å². The molecule has 0 aliphatic rings. The maximum absolute atomic E-state index is 15.0. The van der Waals surface area contributed by atoms with Crippen molar-refractivity contribution in [2.24, 2.45) is 0 Å². The summed E-state index contributed by atoms with van der Waals surface area (Å²) in [4.78, 5) is 12.8. The van der Waals surface area contributed by atoms with Crippen molar-refractivity contribution in [1.29, 1.82) is 0 Å². The zero-order chi connectivity index (χ0) is 19.4. The molecule has 0 radical (unpaired) electrons. The van der Waals surface area contributed by atoms with Crippen LogP contribution in [0.3, 0.4) is 0 Å². The number of hydrogen-bond acceptors (Lipinski definition) is 1. The quantitative estimate of drug-likeness (QED) is 0.583. The van der Waals surface area contributed by atoms with Crippen molar-refractivity contribution in [3.8, 4) is 0 Å². The molecule has 138 valence electrons. The first-order valence-electron chi connectivity index (χ1n) is 9.10. The zero-order valence-electron chi connectivity index (χ0n) is 15.9. The Labute approximate surface area is 160 Å². The highest BCUT2D eigenvalue weighted by Gasteiger charge is 2.19. The minimum atomic E-state index is -1.24. The van der Waals surface area contributed by atoms with Gasteiger partial charge in [-0.3, -0.25) is 4.79 Å². The van der Waals surface area contributed by atoms with E-state index < -0.39 is 6.17 Å². The number of carbonyl (C=O) groups is 1. The van der Waals surface area contributed by atoms with E-state index in [2.05, 4.69) is 5.32 Å². The molecule has 3 rings (SSSR count). The van der Waals surface area contributed by atoms with E-state index in [0.717, 1.165) is 27.9 Å². The molecule has 3 heteroatoms. The van der Waals surface area contributed by atoms with E-state index in [0.29, 0.717) is 11.1 Å². The predicted molar refractivity (Wildman–Crippen MR) is 109 cm³/mol. The third kappa shape index (κ3) is 4.82. The van der Waals surface area contributed by atoms with Crippen LogP contribution in [0.4, 0.5) is 10.1 Å². The van der Waals surface area contributed by atoms with Crippen LogP contribution >= 0.6 is 0 Å². The molecule has 0 fully saturated rings. The maximum atomic E-state index is 15.0. The van der Waals surface area contributed by atoms with Crippen molar-refractivity contribution < 1.29 is 9.18 Å². The van der Waals surface area contributed by atoms with Gasteiger partial charge in [-0.1, -0.05) is 54.1 Å². The lowest BCUT2D eigenvalue weighted by Gasteiger charge is -2.15. The second-order valence-corrected chi connectivity index (χ2v) is 7.08. The second-order valence-electron chi connectivity index (χ2n) is 7.08. The summed E-state index contributed by atoms with van der Waals surface area (Å²) >= 11 is 0. The van der Waals surface area contributed by atoms with Crippen molar-refractivity contribution in [1.82, 2.24) is 0 Å². The molecule has 0 heterocycles. The summed E-state index contributed by atoms with van der Waals surface area (Å²) < 4.78 is 15.0. The van der Waals surface area contributed by atoms with Crippen LogP contribution < -0.4 is 5.32 Å². The number of hydrogen-bond donors (Lipinski definition) is 1. The van der Waals surface area contributed by atoms with Gasteiger partial charge in [-0.2, -0.15) is 0 Å². The van der Waals surface area contributed by atoms with Crippen LogP contribution in [0.25, 0.3) is 0 Å². The van der Waals surface area contributed by atoms with Gasteiger partial charge in [0.1, 0.15) is 6.17 Å². The van der Waals surface area contributed by atoms with Gasteiger partial charge >= 0.3 is 0 Å². The fourth-order valence-corrected chi connectivity index (χ4v) is 3.26.